The molecule has 0 aliphatic rings. The van der Waals surface area contributed by atoms with Gasteiger partial charge < -0.3 is 14.7 Å². The number of nitrogens with zero attached hydrogens (tertiary/aromatic N) is 7. The highest BCUT2D eigenvalue weighted by Crippen LogP contribution is 2.33. The number of methoxy groups -OCH3 is 2. The van der Waals surface area contributed by atoms with Crippen LogP contribution in [0.25, 0.3) is 27.9 Å². The van der Waals surface area contributed by atoms with Gasteiger partial charge >= 0.3 is 6.09 Å². The number of halogens is 2. The van der Waals surface area contributed by atoms with Crippen LogP contribution in [0.1, 0.15) is 18.2 Å². The molecule has 0 saturated heterocycles. The molecule has 0 bridgehead atoms. The average molecular weight is 579 g/mol. The summed E-state index contributed by atoms with van der Waals surface area (Å²) in [4.78, 5) is 11.4. The predicted octanol–water partition coefficient (Wildman–Crippen LogP) is 4.42. The molecule has 5 rings (SSSR count). The van der Waals surface area contributed by atoms with Gasteiger partial charge in [-0.2, -0.15) is 14.5 Å². The monoisotopic (exact) mass is 578 g/mol. The highest BCUT2D eigenvalue weighted by molar-refractivity contribution is 6.31. The second-order valence-electron chi connectivity index (χ2n) is 8.88. The Morgan fingerprint density at radius 3 is 2.59 bits per heavy atom. The van der Waals surface area contributed by atoms with Crippen molar-refractivity contribution < 1.29 is 23.4 Å². The number of ether oxygens (including phenoxy) is 2. The van der Waals surface area contributed by atoms with E-state index in [2.05, 4.69) is 30.7 Å². The van der Waals surface area contributed by atoms with Gasteiger partial charge in [-0.15, -0.1) is 5.10 Å². The maximum atomic E-state index is 15.2. The van der Waals surface area contributed by atoms with E-state index in [0.717, 1.165) is 11.1 Å². The normalized spacial score (nSPS) is 11.8. The molecule has 0 saturated carbocycles. The topological polar surface area (TPSA) is 136 Å². The number of anilines is 1. The van der Waals surface area contributed by atoms with Gasteiger partial charge in [-0.3, -0.25) is 10.00 Å². The minimum atomic E-state index is -0.701. The van der Waals surface area contributed by atoms with Crippen molar-refractivity contribution in [2.24, 2.45) is 0 Å². The van der Waals surface area contributed by atoms with E-state index in [1.54, 1.807) is 48.3 Å². The lowest BCUT2D eigenvalue weighted by molar-refractivity contribution is -0.615. The van der Waals surface area contributed by atoms with E-state index in [1.165, 1.54) is 30.4 Å². The third-order valence-corrected chi connectivity index (χ3v) is 6.70. The number of aromatic nitrogens is 7. The zero-order chi connectivity index (χ0) is 28.9. The van der Waals surface area contributed by atoms with E-state index in [9.17, 15) is 10.0 Å². The molecule has 0 spiro atoms. The number of rotatable bonds is 9. The molecule has 1 amide bonds. The van der Waals surface area contributed by atoms with E-state index in [1.807, 2.05) is 18.3 Å². The SMILES string of the molecule is COCC[C@H](c1ccc(-c2c(-n3cnnn3)ccc(Cl)c2F)c[n+]1[O-])n1cc(-c2ccc(NC(=O)OC)cc2)cn1. The third kappa shape index (κ3) is 5.85. The smallest absolute Gasteiger partial charge is 0.411 e. The first kappa shape index (κ1) is 27.7. The number of benzene rings is 2. The summed E-state index contributed by atoms with van der Waals surface area (Å²) >= 11 is 6.08. The van der Waals surface area contributed by atoms with Gasteiger partial charge in [0, 0.05) is 43.7 Å². The lowest BCUT2D eigenvalue weighted by Gasteiger charge is -2.18. The fourth-order valence-corrected chi connectivity index (χ4v) is 4.55. The Labute approximate surface area is 238 Å². The van der Waals surface area contributed by atoms with Crippen LogP contribution in [0.4, 0.5) is 14.9 Å². The molecule has 0 unspecified atom stereocenters. The summed E-state index contributed by atoms with van der Waals surface area (Å²) in [5.41, 5.74) is 3.32. The van der Waals surface area contributed by atoms with E-state index < -0.39 is 18.0 Å². The number of tetrazole rings is 1. The Kier molecular flexibility index (Phi) is 8.17. The third-order valence-electron chi connectivity index (χ3n) is 6.41. The van der Waals surface area contributed by atoms with E-state index in [0.29, 0.717) is 40.4 Å². The first-order valence-corrected chi connectivity index (χ1v) is 12.7. The molecular weight excluding hydrogens is 555 g/mol. The highest BCUT2D eigenvalue weighted by Gasteiger charge is 2.25. The zero-order valence-corrected chi connectivity index (χ0v) is 22.7. The lowest BCUT2D eigenvalue weighted by atomic mass is 10.0. The van der Waals surface area contributed by atoms with Gasteiger partial charge in [-0.1, -0.05) is 23.7 Å². The zero-order valence-electron chi connectivity index (χ0n) is 21.9. The Morgan fingerprint density at radius 1 is 1.12 bits per heavy atom. The van der Waals surface area contributed by atoms with Gasteiger partial charge in [0.15, 0.2) is 12.0 Å². The molecule has 0 aliphatic heterocycles. The van der Waals surface area contributed by atoms with Crippen LogP contribution in [-0.2, 0) is 9.47 Å². The molecule has 3 heterocycles. The van der Waals surface area contributed by atoms with E-state index in [4.69, 9.17) is 16.3 Å². The van der Waals surface area contributed by atoms with Gasteiger partial charge in [0.1, 0.15) is 12.4 Å². The minimum Gasteiger partial charge on any atom is -0.618 e. The molecule has 14 heteroatoms. The lowest BCUT2D eigenvalue weighted by Crippen LogP contribution is -2.36. The van der Waals surface area contributed by atoms with Gasteiger partial charge in [0.25, 0.3) is 0 Å². The Morgan fingerprint density at radius 2 is 1.90 bits per heavy atom. The van der Waals surface area contributed by atoms with Crippen LogP contribution < -0.4 is 10.0 Å². The number of hydrogen-bond acceptors (Lipinski definition) is 8. The minimum absolute atomic E-state index is 0.0842. The van der Waals surface area contributed by atoms with Crippen molar-refractivity contribution in [2.45, 2.75) is 12.5 Å². The van der Waals surface area contributed by atoms with Gasteiger partial charge in [0.2, 0.25) is 5.69 Å². The van der Waals surface area contributed by atoms with Crippen molar-refractivity contribution in [2.75, 3.05) is 26.1 Å². The molecule has 0 radical (unpaired) electrons. The summed E-state index contributed by atoms with van der Waals surface area (Å²) in [6.45, 7) is 0.363. The van der Waals surface area contributed by atoms with Crippen LogP contribution in [0.3, 0.4) is 0 Å². The van der Waals surface area contributed by atoms with Crippen LogP contribution in [0.5, 0.6) is 0 Å². The largest absolute Gasteiger partial charge is 0.618 e. The molecule has 0 fully saturated rings. The number of amides is 1. The summed E-state index contributed by atoms with van der Waals surface area (Å²) < 4.78 is 28.8. The Hall–Kier alpha value is -4.88. The second kappa shape index (κ2) is 12.1. The molecule has 1 N–H and O–H groups in total. The van der Waals surface area contributed by atoms with E-state index in [-0.39, 0.29) is 10.6 Å². The Balaban J connectivity index is 1.48. The highest BCUT2D eigenvalue weighted by atomic mass is 35.5. The summed E-state index contributed by atoms with van der Waals surface area (Å²) in [7, 11) is 2.87. The average Bonchev–Trinajstić information content (AvgIpc) is 3.69. The summed E-state index contributed by atoms with van der Waals surface area (Å²) in [5, 5.41) is 31.5. The van der Waals surface area contributed by atoms with Crippen molar-refractivity contribution in [1.29, 1.82) is 0 Å². The van der Waals surface area contributed by atoms with Gasteiger partial charge in [-0.25, -0.2) is 9.18 Å². The fourth-order valence-electron chi connectivity index (χ4n) is 4.39. The molecule has 3 aromatic heterocycles. The molecule has 5 aromatic rings. The number of carbonyl (C=O) groups is 1. The van der Waals surface area contributed by atoms with Gasteiger partial charge in [0.05, 0.1) is 35.1 Å². The molecule has 41 heavy (non-hydrogen) atoms. The van der Waals surface area contributed by atoms with Crippen LogP contribution in [0.15, 0.2) is 73.4 Å². The standard InChI is InChI=1S/C27H24ClFN8O4/c1-40-12-11-22(35-14-19(13-31-35)17-3-6-20(7-4-17)32-27(38)41-2)23-9-5-18(15-37(23)39)25-24(36-16-30-33-34-36)10-8-21(28)26(25)29/h3-10,13-16,22H,11-12H2,1-2H3,(H,32,38)/t22-/m1/s1. The van der Waals surface area contributed by atoms with Crippen LogP contribution in [0.2, 0.25) is 5.02 Å². The molecule has 2 aromatic carbocycles. The van der Waals surface area contributed by atoms with Crippen LogP contribution >= 0.6 is 11.6 Å². The first-order valence-electron chi connectivity index (χ1n) is 12.3. The van der Waals surface area contributed by atoms with Crippen molar-refractivity contribution in [3.05, 3.63) is 95.2 Å². The van der Waals surface area contributed by atoms with Gasteiger partial charge in [-0.05, 0) is 46.3 Å². The summed E-state index contributed by atoms with van der Waals surface area (Å²) in [5.74, 6) is -0.701. The first-order chi connectivity index (χ1) is 19.9. The number of carbonyl (C=O) groups excluding carboxylic acids is 1. The van der Waals surface area contributed by atoms with Crippen molar-refractivity contribution in [3.63, 3.8) is 0 Å². The quantitative estimate of drug-likeness (QED) is 0.200. The molecule has 1 atom stereocenters. The second-order valence-corrected chi connectivity index (χ2v) is 9.29. The van der Waals surface area contributed by atoms with Crippen molar-refractivity contribution in [1.82, 2.24) is 30.0 Å². The molecule has 12 nitrogen and oxygen atoms in total. The summed E-state index contributed by atoms with van der Waals surface area (Å²) in [6, 6.07) is 12.9. The maximum absolute atomic E-state index is 15.2. The summed E-state index contributed by atoms with van der Waals surface area (Å²) in [6.07, 6.45) is 6.01. The Bertz CT molecular complexity index is 1660. The number of hydrogen-bond donors (Lipinski definition) is 1. The van der Waals surface area contributed by atoms with Crippen LogP contribution in [-0.4, -0.2) is 56.9 Å². The van der Waals surface area contributed by atoms with Crippen molar-refractivity contribution >= 4 is 23.4 Å². The fraction of sp³-hybridized carbons (Fsp3) is 0.185. The molecule has 210 valence electrons. The molecule has 0 aliphatic carbocycles. The van der Waals surface area contributed by atoms with Crippen molar-refractivity contribution in [3.8, 4) is 27.9 Å². The maximum Gasteiger partial charge on any atom is 0.411 e. The van der Waals surface area contributed by atoms with Crippen LogP contribution in [0, 0.1) is 11.0 Å². The van der Waals surface area contributed by atoms with E-state index >= 15 is 4.39 Å². The number of nitrogens with one attached hydrogen (secondary N) is 1. The molecular formula is C27H24ClFN8O4. The number of pyridine rings is 1. The predicted molar refractivity (Wildman–Crippen MR) is 147 cm³/mol.